The van der Waals surface area contributed by atoms with Crippen molar-refractivity contribution in [1.82, 2.24) is 14.5 Å². The molecule has 0 unspecified atom stereocenters. The van der Waals surface area contributed by atoms with Crippen LogP contribution in [-0.2, 0) is 12.5 Å². The predicted molar refractivity (Wildman–Crippen MR) is 229 cm³/mol. The molecule has 5 heteroatoms. The monoisotopic (exact) mass is 725 g/mol. The zero-order valence-electron chi connectivity index (χ0n) is 34.2. The van der Waals surface area contributed by atoms with Gasteiger partial charge in [-0.2, -0.15) is 4.57 Å². The Morgan fingerprint density at radius 1 is 0.691 bits per heavy atom. The van der Waals surface area contributed by atoms with Crippen LogP contribution in [0.25, 0.3) is 72.4 Å². The Morgan fingerprint density at radius 3 is 2.00 bits per heavy atom. The lowest BCUT2D eigenvalue weighted by Gasteiger charge is -2.21. The molecule has 0 aliphatic carbocycles. The van der Waals surface area contributed by atoms with Crippen LogP contribution in [-0.4, -0.2) is 14.5 Å². The van der Waals surface area contributed by atoms with Crippen LogP contribution in [0.5, 0.6) is 0 Å². The second-order valence-electron chi connectivity index (χ2n) is 17.3. The van der Waals surface area contributed by atoms with Crippen molar-refractivity contribution in [2.75, 3.05) is 0 Å². The number of aryl methyl sites for hydroxylation is 2. The van der Waals surface area contributed by atoms with E-state index in [9.17, 15) is 0 Å². The van der Waals surface area contributed by atoms with Gasteiger partial charge in [-0.05, 0) is 89.4 Å². The summed E-state index contributed by atoms with van der Waals surface area (Å²) in [6.07, 6.45) is 1.86. The first kappa shape index (κ1) is 36.4. The highest BCUT2D eigenvalue weighted by atomic mass is 16.3. The number of rotatable bonds is 7. The fraction of sp³-hybridized carbons (Fsp3) is 0.300. The van der Waals surface area contributed by atoms with Gasteiger partial charge in [0.1, 0.15) is 22.7 Å². The van der Waals surface area contributed by atoms with E-state index in [1.807, 2.05) is 12.3 Å². The molecule has 55 heavy (non-hydrogen) atoms. The van der Waals surface area contributed by atoms with Gasteiger partial charge < -0.3 is 4.42 Å². The van der Waals surface area contributed by atoms with Gasteiger partial charge in [0.2, 0.25) is 0 Å². The Balaban J connectivity index is 1.40. The van der Waals surface area contributed by atoms with Gasteiger partial charge in [0, 0.05) is 39.1 Å². The van der Waals surface area contributed by atoms with Crippen molar-refractivity contribution in [2.45, 2.75) is 92.4 Å². The molecule has 8 aromatic rings. The first-order chi connectivity index (χ1) is 26.2. The number of fused-ring (bicyclic) bond motifs is 4. The van der Waals surface area contributed by atoms with E-state index < -0.39 is 0 Å². The predicted octanol–water partition coefficient (Wildman–Crippen LogP) is 13.1. The normalized spacial score (nSPS) is 12.4. The Hall–Kier alpha value is -5.55. The van der Waals surface area contributed by atoms with Gasteiger partial charge >= 0.3 is 0 Å². The van der Waals surface area contributed by atoms with E-state index in [2.05, 4.69) is 181 Å². The molecular formula is C50H53N4O+. The minimum atomic E-state index is -0.149. The van der Waals surface area contributed by atoms with Gasteiger partial charge in [-0.25, -0.2) is 14.5 Å². The lowest BCUT2D eigenvalue weighted by atomic mass is 9.87. The number of hydrogen-bond acceptors (Lipinski definition) is 3. The van der Waals surface area contributed by atoms with Gasteiger partial charge in [-0.15, -0.1) is 0 Å². The van der Waals surface area contributed by atoms with Crippen LogP contribution in [0.4, 0.5) is 0 Å². The van der Waals surface area contributed by atoms with Crippen LogP contribution in [0.1, 0.15) is 108 Å². The maximum atomic E-state index is 7.01. The lowest BCUT2D eigenvalue weighted by molar-refractivity contribution is -0.633. The van der Waals surface area contributed by atoms with Gasteiger partial charge in [0.05, 0.1) is 12.7 Å². The van der Waals surface area contributed by atoms with Crippen molar-refractivity contribution in [3.05, 3.63) is 131 Å². The summed E-state index contributed by atoms with van der Waals surface area (Å²) >= 11 is 0. The Morgan fingerprint density at radius 2 is 1.35 bits per heavy atom. The van der Waals surface area contributed by atoms with Gasteiger partial charge in [0.25, 0.3) is 5.82 Å². The van der Waals surface area contributed by atoms with E-state index in [-0.39, 0.29) is 17.3 Å². The molecule has 278 valence electrons. The summed E-state index contributed by atoms with van der Waals surface area (Å²) in [7, 11) is 2.20. The molecular weight excluding hydrogens is 673 g/mol. The Bertz CT molecular complexity index is 2710. The molecule has 0 aliphatic heterocycles. The highest BCUT2D eigenvalue weighted by Gasteiger charge is 2.34. The fourth-order valence-corrected chi connectivity index (χ4v) is 8.12. The Labute approximate surface area is 325 Å². The van der Waals surface area contributed by atoms with Crippen molar-refractivity contribution >= 4 is 33.0 Å². The first-order valence-electron chi connectivity index (χ1n) is 19.8. The Kier molecular flexibility index (Phi) is 9.03. The average molecular weight is 726 g/mol. The van der Waals surface area contributed by atoms with Crippen LogP contribution in [0, 0.1) is 6.92 Å². The van der Waals surface area contributed by atoms with E-state index in [1.54, 1.807) is 0 Å². The zero-order valence-corrected chi connectivity index (χ0v) is 34.2. The largest absolute Gasteiger partial charge is 0.455 e. The molecule has 0 saturated carbocycles. The second kappa shape index (κ2) is 13.6. The van der Waals surface area contributed by atoms with Crippen molar-refractivity contribution in [3.8, 4) is 39.5 Å². The lowest BCUT2D eigenvalue weighted by Crippen LogP contribution is -2.30. The topological polar surface area (TPSA) is 47.7 Å². The third-order valence-electron chi connectivity index (χ3n) is 11.3. The van der Waals surface area contributed by atoms with Crippen molar-refractivity contribution in [2.24, 2.45) is 7.05 Å². The number of imidazole rings is 1. The maximum Gasteiger partial charge on any atom is 0.299 e. The summed E-state index contributed by atoms with van der Waals surface area (Å²) in [4.78, 5) is 9.53. The van der Waals surface area contributed by atoms with Crippen molar-refractivity contribution < 1.29 is 8.98 Å². The van der Waals surface area contributed by atoms with Gasteiger partial charge in [-0.3, -0.25) is 0 Å². The summed E-state index contributed by atoms with van der Waals surface area (Å²) in [5.41, 5.74) is 15.9. The fourth-order valence-electron chi connectivity index (χ4n) is 8.12. The molecule has 0 fully saturated rings. The molecule has 0 N–H and O–H groups in total. The molecule has 0 amide bonds. The smallest absolute Gasteiger partial charge is 0.299 e. The van der Waals surface area contributed by atoms with Crippen LogP contribution >= 0.6 is 0 Å². The minimum Gasteiger partial charge on any atom is -0.455 e. The van der Waals surface area contributed by atoms with Crippen LogP contribution < -0.4 is 4.57 Å². The molecule has 0 spiro atoms. The standard InChI is InChI=1S/C50H53N4O/c1-29(2)33-17-19-34(20-18-33)36-26-39(30(3)4)46(40(27-36)31(5)6)54-43-15-13-12-14-42(43)53(11)48(54)45-32(7)16-22-38-37-23-21-35(28-44(37)55-47(38)45)41-24-25-51-49(52-41)50(8,9)10/h12-31H,1-11H3/q+1. The third kappa shape index (κ3) is 6.24. The van der Waals surface area contributed by atoms with Gasteiger partial charge in [-0.1, -0.05) is 117 Å². The number of furan rings is 1. The van der Waals surface area contributed by atoms with Crippen LogP contribution in [0.15, 0.2) is 108 Å². The van der Waals surface area contributed by atoms with E-state index in [0.717, 1.165) is 56.0 Å². The first-order valence-corrected chi connectivity index (χ1v) is 19.8. The van der Waals surface area contributed by atoms with E-state index in [0.29, 0.717) is 5.92 Å². The van der Waals surface area contributed by atoms with E-state index >= 15 is 0 Å². The molecule has 5 aromatic carbocycles. The summed E-state index contributed by atoms with van der Waals surface area (Å²) in [5, 5.41) is 2.19. The molecule has 8 rings (SSSR count). The van der Waals surface area contributed by atoms with Crippen molar-refractivity contribution in [3.63, 3.8) is 0 Å². The molecule has 3 heterocycles. The summed E-state index contributed by atoms with van der Waals surface area (Å²) in [5.74, 6) is 2.99. The SMILES string of the molecule is Cc1ccc2c(oc3cc(-c4ccnc(C(C)(C)C)n4)ccc32)c1-c1n(-c2c(C(C)C)cc(-c3ccc(C(C)C)cc3)cc2C(C)C)c2ccccc2[n+]1C. The number of para-hydroxylation sites is 2. The third-order valence-corrected chi connectivity index (χ3v) is 11.3. The number of benzene rings is 5. The van der Waals surface area contributed by atoms with Gasteiger partial charge in [0.15, 0.2) is 16.6 Å². The molecule has 0 atom stereocenters. The molecule has 0 radical (unpaired) electrons. The van der Waals surface area contributed by atoms with Crippen LogP contribution in [0.3, 0.4) is 0 Å². The summed E-state index contributed by atoms with van der Waals surface area (Å²) < 4.78 is 11.9. The quantitative estimate of drug-likeness (QED) is 0.154. The number of hydrogen-bond donors (Lipinski definition) is 0. The molecule has 5 nitrogen and oxygen atoms in total. The second-order valence-corrected chi connectivity index (χ2v) is 17.3. The minimum absolute atomic E-state index is 0.149. The maximum absolute atomic E-state index is 7.01. The molecule has 0 aliphatic rings. The zero-order chi connectivity index (χ0) is 38.9. The average Bonchev–Trinajstić information content (AvgIpc) is 3.68. The highest BCUT2D eigenvalue weighted by Crippen LogP contribution is 2.43. The van der Waals surface area contributed by atoms with Crippen molar-refractivity contribution in [1.29, 1.82) is 0 Å². The van der Waals surface area contributed by atoms with E-state index in [4.69, 9.17) is 9.40 Å². The highest BCUT2D eigenvalue weighted by molar-refractivity contribution is 6.10. The molecule has 3 aromatic heterocycles. The number of aromatic nitrogens is 4. The molecule has 0 bridgehead atoms. The van der Waals surface area contributed by atoms with E-state index in [1.165, 1.54) is 44.5 Å². The number of nitrogens with zero attached hydrogens (tertiary/aromatic N) is 4. The molecule has 0 saturated heterocycles. The summed E-state index contributed by atoms with van der Waals surface area (Å²) in [6, 6.07) is 35.7. The van der Waals surface area contributed by atoms with Crippen LogP contribution in [0.2, 0.25) is 0 Å². The summed E-state index contributed by atoms with van der Waals surface area (Å²) in [6.45, 7) is 22.4.